The van der Waals surface area contributed by atoms with Crippen molar-refractivity contribution in [3.05, 3.63) is 72.1 Å². The van der Waals surface area contributed by atoms with E-state index in [0.29, 0.717) is 12.1 Å². The Morgan fingerprint density at radius 3 is 2.75 bits per heavy atom. The Labute approximate surface area is 181 Å². The Hall–Kier alpha value is -2.67. The fraction of sp³-hybridized carbons (Fsp3) is 0.130. The fourth-order valence-electron chi connectivity index (χ4n) is 3.32. The molecular weight excluding hydrogens is 463 g/mol. The Morgan fingerprint density at radius 2 is 1.93 bits per heavy atom. The second-order valence-corrected chi connectivity index (χ2v) is 6.38. The van der Waals surface area contributed by atoms with Crippen LogP contribution in [0.25, 0.3) is 34.0 Å². The molecule has 0 aliphatic rings. The van der Waals surface area contributed by atoms with Gasteiger partial charge in [-0.2, -0.15) is 4.57 Å². The molecule has 4 nitrogen and oxygen atoms in total. The van der Waals surface area contributed by atoms with E-state index in [1.54, 1.807) is 12.3 Å². The number of para-hydroxylation sites is 1. The van der Waals surface area contributed by atoms with Gasteiger partial charge in [0, 0.05) is 29.8 Å². The highest BCUT2D eigenvalue weighted by atomic mass is 127. The highest BCUT2D eigenvalue weighted by Crippen LogP contribution is 2.26. The summed E-state index contributed by atoms with van der Waals surface area (Å²) in [6.07, 6.45) is 5.85. The van der Waals surface area contributed by atoms with Gasteiger partial charge in [0.25, 0.3) is 0 Å². The lowest BCUT2D eigenvalue weighted by Gasteiger charge is -2.05. The van der Waals surface area contributed by atoms with Crippen LogP contribution in [0.15, 0.2) is 60.8 Å². The summed E-state index contributed by atoms with van der Waals surface area (Å²) >= 11 is 0. The normalized spacial score (nSPS) is 11.1. The van der Waals surface area contributed by atoms with Crippen molar-refractivity contribution in [1.82, 2.24) is 4.98 Å². The lowest BCUT2D eigenvalue weighted by molar-refractivity contribution is -0.646. The van der Waals surface area contributed by atoms with Gasteiger partial charge in [0.1, 0.15) is 24.1 Å². The number of nitrogens with zero attached hydrogens (tertiary/aromatic N) is 2. The first-order valence-corrected chi connectivity index (χ1v) is 8.98. The van der Waals surface area contributed by atoms with E-state index in [2.05, 4.69) is 53.0 Å². The van der Waals surface area contributed by atoms with E-state index < -0.39 is 0 Å². The molecule has 5 heteroatoms. The molecule has 4 aromatic rings. The van der Waals surface area contributed by atoms with Crippen LogP contribution in [0.2, 0.25) is 0 Å². The summed E-state index contributed by atoms with van der Waals surface area (Å²) in [6.45, 7) is 2.65. The second kappa shape index (κ2) is 8.56. The quantitative estimate of drug-likeness (QED) is 0.353. The minimum Gasteiger partial charge on any atom is -1.00 e. The number of aromatic nitrogens is 2. The van der Waals surface area contributed by atoms with E-state index in [4.69, 9.17) is 4.74 Å². The molecule has 0 saturated carbocycles. The molecule has 4 rings (SSSR count). The minimum absolute atomic E-state index is 0. The number of phenolic OH excluding ortho intramolecular Hbond substituents is 1. The fourth-order valence-corrected chi connectivity index (χ4v) is 3.32. The number of fused-ring (bicyclic) bond motifs is 2. The van der Waals surface area contributed by atoms with Crippen LogP contribution in [-0.2, 0) is 7.05 Å². The van der Waals surface area contributed by atoms with Crippen molar-refractivity contribution in [3.63, 3.8) is 0 Å². The van der Waals surface area contributed by atoms with E-state index in [1.807, 2.05) is 31.2 Å². The zero-order chi connectivity index (χ0) is 18.8. The first-order valence-electron chi connectivity index (χ1n) is 8.98. The molecule has 0 atom stereocenters. The smallest absolute Gasteiger partial charge is 0.212 e. The maximum Gasteiger partial charge on any atom is 0.212 e. The summed E-state index contributed by atoms with van der Waals surface area (Å²) in [6, 6.07) is 17.8. The number of aromatic hydroxyl groups is 1. The van der Waals surface area contributed by atoms with Gasteiger partial charge in [-0.1, -0.05) is 12.1 Å². The lowest BCUT2D eigenvalue weighted by atomic mass is 10.1. The molecule has 0 saturated heterocycles. The van der Waals surface area contributed by atoms with Crippen LogP contribution in [-0.4, -0.2) is 16.7 Å². The molecular formula is C23H21IN2O2. The van der Waals surface area contributed by atoms with Gasteiger partial charge in [0.2, 0.25) is 11.2 Å². The van der Waals surface area contributed by atoms with E-state index in [9.17, 15) is 5.11 Å². The van der Waals surface area contributed by atoms with Crippen molar-refractivity contribution in [2.75, 3.05) is 6.61 Å². The average molecular weight is 484 g/mol. The van der Waals surface area contributed by atoms with Crippen molar-refractivity contribution in [2.45, 2.75) is 6.92 Å². The lowest BCUT2D eigenvalue weighted by Crippen LogP contribution is -3.00. The SMILES string of the molecule is CCOc1ccc2c(ccc(/C=C/c3ccnc4c(O)cccc34)[n+]2C)c1.[I-]. The predicted molar refractivity (Wildman–Crippen MR) is 109 cm³/mol. The summed E-state index contributed by atoms with van der Waals surface area (Å²) in [5, 5.41) is 12.1. The van der Waals surface area contributed by atoms with Crippen LogP contribution >= 0.6 is 0 Å². The maximum atomic E-state index is 10.0. The van der Waals surface area contributed by atoms with Crippen LogP contribution in [0.5, 0.6) is 11.5 Å². The number of phenols is 1. The number of hydrogen-bond acceptors (Lipinski definition) is 3. The van der Waals surface area contributed by atoms with Crippen molar-refractivity contribution < 1.29 is 38.4 Å². The summed E-state index contributed by atoms with van der Waals surface area (Å²) in [5.41, 5.74) is 3.85. The molecule has 2 aromatic carbocycles. The van der Waals surface area contributed by atoms with Gasteiger partial charge in [-0.3, -0.25) is 4.98 Å². The third kappa shape index (κ3) is 3.80. The van der Waals surface area contributed by atoms with Crippen LogP contribution < -0.4 is 33.3 Å². The monoisotopic (exact) mass is 484 g/mol. The third-order valence-corrected chi connectivity index (χ3v) is 4.71. The Kier molecular flexibility index (Phi) is 6.14. The zero-order valence-corrected chi connectivity index (χ0v) is 17.9. The van der Waals surface area contributed by atoms with E-state index in [0.717, 1.165) is 33.3 Å². The van der Waals surface area contributed by atoms with Gasteiger partial charge in [-0.05, 0) is 48.9 Å². The number of halogens is 1. The second-order valence-electron chi connectivity index (χ2n) is 6.38. The molecule has 0 spiro atoms. The van der Waals surface area contributed by atoms with Gasteiger partial charge in [0.05, 0.1) is 12.0 Å². The van der Waals surface area contributed by atoms with Gasteiger partial charge >= 0.3 is 0 Å². The van der Waals surface area contributed by atoms with E-state index in [1.165, 1.54) is 0 Å². The van der Waals surface area contributed by atoms with Crippen LogP contribution in [0, 0.1) is 0 Å². The number of hydrogen-bond donors (Lipinski definition) is 1. The van der Waals surface area contributed by atoms with Crippen LogP contribution in [0.3, 0.4) is 0 Å². The molecule has 1 N–H and O–H groups in total. The van der Waals surface area contributed by atoms with Gasteiger partial charge < -0.3 is 33.8 Å². The van der Waals surface area contributed by atoms with Crippen LogP contribution in [0.1, 0.15) is 18.2 Å². The van der Waals surface area contributed by atoms with Gasteiger partial charge in [-0.15, -0.1) is 0 Å². The Bertz CT molecular complexity index is 1170. The molecule has 142 valence electrons. The first kappa shape index (κ1) is 20.1. The van der Waals surface area contributed by atoms with E-state index >= 15 is 0 Å². The van der Waals surface area contributed by atoms with Crippen molar-refractivity contribution in [3.8, 4) is 11.5 Å². The molecule has 0 fully saturated rings. The number of ether oxygens (including phenoxy) is 1. The van der Waals surface area contributed by atoms with E-state index in [-0.39, 0.29) is 29.7 Å². The molecule has 2 heterocycles. The average Bonchev–Trinajstić information content (AvgIpc) is 2.68. The largest absolute Gasteiger partial charge is 1.00 e. The highest BCUT2D eigenvalue weighted by Gasteiger charge is 2.11. The topological polar surface area (TPSA) is 46.2 Å². The molecule has 0 amide bonds. The highest BCUT2D eigenvalue weighted by molar-refractivity contribution is 5.93. The van der Waals surface area contributed by atoms with Gasteiger partial charge in [0.15, 0.2) is 0 Å². The summed E-state index contributed by atoms with van der Waals surface area (Å²) < 4.78 is 7.75. The maximum absolute atomic E-state index is 10.0. The number of pyridine rings is 2. The first-order chi connectivity index (χ1) is 13.2. The van der Waals surface area contributed by atoms with Crippen molar-refractivity contribution >= 4 is 34.0 Å². The molecule has 2 aromatic heterocycles. The van der Waals surface area contributed by atoms with Crippen molar-refractivity contribution in [1.29, 1.82) is 0 Å². The molecule has 0 aliphatic heterocycles. The minimum atomic E-state index is 0. The summed E-state index contributed by atoms with van der Waals surface area (Å²) in [5.74, 6) is 1.08. The molecule has 28 heavy (non-hydrogen) atoms. The number of aryl methyl sites for hydroxylation is 1. The molecule has 0 bridgehead atoms. The Balaban J connectivity index is 0.00000225. The molecule has 0 unspecified atom stereocenters. The summed E-state index contributed by atoms with van der Waals surface area (Å²) in [7, 11) is 2.05. The summed E-state index contributed by atoms with van der Waals surface area (Å²) in [4.78, 5) is 4.28. The predicted octanol–water partition coefficient (Wildman–Crippen LogP) is 1.49. The standard InChI is InChI=1S/C23H20N2O2.HI/c1-3-27-19-11-12-21-17(15-19)8-10-18(25(21)2)9-7-16-13-14-24-23-20(16)5-4-6-22(23)26;/h4-15H,3H2,1-2H3;1H. The number of rotatable bonds is 4. The van der Waals surface area contributed by atoms with Gasteiger partial charge in [-0.25, -0.2) is 0 Å². The zero-order valence-electron chi connectivity index (χ0n) is 15.8. The molecule has 0 aliphatic carbocycles. The molecule has 0 radical (unpaired) electrons. The Morgan fingerprint density at radius 1 is 1.07 bits per heavy atom. The number of benzene rings is 2. The third-order valence-electron chi connectivity index (χ3n) is 4.71. The van der Waals surface area contributed by atoms with Crippen LogP contribution in [0.4, 0.5) is 0 Å². The van der Waals surface area contributed by atoms with Crippen molar-refractivity contribution in [2.24, 2.45) is 7.05 Å².